The minimum atomic E-state index is -0.315. The summed E-state index contributed by atoms with van der Waals surface area (Å²) in [7, 11) is 1.67. The van der Waals surface area contributed by atoms with Crippen LogP contribution >= 0.6 is 0 Å². The molecule has 3 rings (SSSR count). The number of nitrogens with zero attached hydrogens (tertiary/aromatic N) is 1. The standard InChI is InChI=1S/C21H31NO2/c1-24-14-11-21(23)16-18-7-5-17(6-8-18)15-19-9-12-22(13-10-19)20-3-2-4-20/h5-8,15,20-21,23H,2-4,9-14,16H2,1H3. The Labute approximate surface area is 146 Å². The summed E-state index contributed by atoms with van der Waals surface area (Å²) < 4.78 is 5.02. The van der Waals surface area contributed by atoms with Gasteiger partial charge in [-0.05, 0) is 49.7 Å². The van der Waals surface area contributed by atoms with Gasteiger partial charge in [0, 0.05) is 32.8 Å². The summed E-state index contributed by atoms with van der Waals surface area (Å²) in [6.45, 7) is 3.09. The minimum Gasteiger partial charge on any atom is -0.393 e. The van der Waals surface area contributed by atoms with Crippen molar-refractivity contribution in [2.75, 3.05) is 26.8 Å². The average molecular weight is 329 g/mol. The van der Waals surface area contributed by atoms with Crippen LogP contribution in [-0.2, 0) is 11.2 Å². The molecule has 0 radical (unpaired) electrons. The predicted octanol–water partition coefficient (Wildman–Crippen LogP) is 3.66. The average Bonchev–Trinajstić information content (AvgIpc) is 2.55. The Bertz CT molecular complexity index is 523. The van der Waals surface area contributed by atoms with E-state index in [4.69, 9.17) is 4.74 Å². The molecular weight excluding hydrogens is 298 g/mol. The lowest BCUT2D eigenvalue weighted by Gasteiger charge is -2.40. The Morgan fingerprint density at radius 2 is 1.92 bits per heavy atom. The van der Waals surface area contributed by atoms with Gasteiger partial charge in [-0.15, -0.1) is 0 Å². The van der Waals surface area contributed by atoms with Crippen molar-refractivity contribution < 1.29 is 9.84 Å². The van der Waals surface area contributed by atoms with Crippen LogP contribution < -0.4 is 0 Å². The predicted molar refractivity (Wildman–Crippen MR) is 99.1 cm³/mol. The molecule has 3 nitrogen and oxygen atoms in total. The second-order valence-corrected chi connectivity index (χ2v) is 7.30. The molecule has 0 bridgehead atoms. The molecule has 24 heavy (non-hydrogen) atoms. The first-order valence-electron chi connectivity index (χ1n) is 9.44. The molecule has 1 atom stereocenters. The van der Waals surface area contributed by atoms with Gasteiger partial charge in [0.25, 0.3) is 0 Å². The maximum Gasteiger partial charge on any atom is 0.0602 e. The number of hydrogen-bond acceptors (Lipinski definition) is 3. The van der Waals surface area contributed by atoms with E-state index >= 15 is 0 Å². The Morgan fingerprint density at radius 3 is 2.50 bits per heavy atom. The minimum absolute atomic E-state index is 0.315. The van der Waals surface area contributed by atoms with Gasteiger partial charge in [-0.3, -0.25) is 4.90 Å². The molecule has 3 heteroatoms. The first kappa shape index (κ1) is 17.7. The molecule has 1 aromatic rings. The number of aliphatic hydroxyl groups excluding tert-OH is 1. The van der Waals surface area contributed by atoms with E-state index in [1.165, 1.54) is 56.3 Å². The molecule has 0 aromatic heterocycles. The quantitative estimate of drug-likeness (QED) is 0.829. The van der Waals surface area contributed by atoms with Crippen LogP contribution in [0.15, 0.2) is 29.8 Å². The molecule has 0 spiro atoms. The number of hydrogen-bond donors (Lipinski definition) is 1. The van der Waals surface area contributed by atoms with Gasteiger partial charge in [-0.1, -0.05) is 42.3 Å². The monoisotopic (exact) mass is 329 g/mol. The van der Waals surface area contributed by atoms with Crippen LogP contribution in [0, 0.1) is 0 Å². The van der Waals surface area contributed by atoms with Gasteiger partial charge in [0.05, 0.1) is 6.10 Å². The van der Waals surface area contributed by atoms with Crippen molar-refractivity contribution in [1.82, 2.24) is 4.90 Å². The number of aliphatic hydroxyl groups is 1. The van der Waals surface area contributed by atoms with Crippen LogP contribution in [-0.4, -0.2) is 49.0 Å². The number of rotatable bonds is 7. The van der Waals surface area contributed by atoms with Gasteiger partial charge < -0.3 is 9.84 Å². The van der Waals surface area contributed by atoms with Crippen LogP contribution in [0.1, 0.15) is 49.7 Å². The van der Waals surface area contributed by atoms with Crippen molar-refractivity contribution in [3.05, 3.63) is 41.0 Å². The van der Waals surface area contributed by atoms with Crippen LogP contribution in [0.5, 0.6) is 0 Å². The number of methoxy groups -OCH3 is 1. The van der Waals surface area contributed by atoms with E-state index in [-0.39, 0.29) is 6.10 Å². The van der Waals surface area contributed by atoms with E-state index in [0.717, 1.165) is 6.04 Å². The molecule has 1 saturated carbocycles. The van der Waals surface area contributed by atoms with Gasteiger partial charge in [-0.2, -0.15) is 0 Å². The third-order valence-electron chi connectivity index (χ3n) is 5.51. The van der Waals surface area contributed by atoms with Crippen LogP contribution in [0.2, 0.25) is 0 Å². The van der Waals surface area contributed by atoms with E-state index in [0.29, 0.717) is 19.4 Å². The number of ether oxygens (including phenoxy) is 1. The molecule has 1 aromatic carbocycles. The Balaban J connectivity index is 1.48. The van der Waals surface area contributed by atoms with Gasteiger partial charge in [0.2, 0.25) is 0 Å². The highest BCUT2D eigenvalue weighted by Crippen LogP contribution is 2.29. The fraction of sp³-hybridized carbons (Fsp3) is 0.619. The second-order valence-electron chi connectivity index (χ2n) is 7.30. The van der Waals surface area contributed by atoms with Gasteiger partial charge in [-0.25, -0.2) is 0 Å². The lowest BCUT2D eigenvalue weighted by Crippen LogP contribution is -2.43. The maximum absolute atomic E-state index is 9.96. The van der Waals surface area contributed by atoms with Gasteiger partial charge >= 0.3 is 0 Å². The zero-order valence-corrected chi connectivity index (χ0v) is 14.9. The Kier molecular flexibility index (Phi) is 6.47. The van der Waals surface area contributed by atoms with Gasteiger partial charge in [0.1, 0.15) is 0 Å². The van der Waals surface area contributed by atoms with Crippen LogP contribution in [0.3, 0.4) is 0 Å². The van der Waals surface area contributed by atoms with E-state index in [1.807, 2.05) is 0 Å². The van der Waals surface area contributed by atoms with Crippen molar-refractivity contribution in [1.29, 1.82) is 0 Å². The molecule has 0 amide bonds. The Hall–Kier alpha value is -1.16. The highest BCUT2D eigenvalue weighted by molar-refractivity contribution is 5.53. The third-order valence-corrected chi connectivity index (χ3v) is 5.51. The lowest BCUT2D eigenvalue weighted by atomic mass is 9.89. The first-order valence-corrected chi connectivity index (χ1v) is 9.44. The lowest BCUT2D eigenvalue weighted by molar-refractivity contribution is 0.110. The summed E-state index contributed by atoms with van der Waals surface area (Å²) in [6, 6.07) is 9.54. The van der Waals surface area contributed by atoms with E-state index in [1.54, 1.807) is 12.7 Å². The molecule has 1 aliphatic carbocycles. The van der Waals surface area contributed by atoms with Crippen molar-refractivity contribution in [3.63, 3.8) is 0 Å². The van der Waals surface area contributed by atoms with Crippen LogP contribution in [0.25, 0.3) is 6.08 Å². The second kappa shape index (κ2) is 8.80. The smallest absolute Gasteiger partial charge is 0.0602 e. The van der Waals surface area contributed by atoms with E-state index in [9.17, 15) is 5.11 Å². The van der Waals surface area contributed by atoms with Crippen molar-refractivity contribution in [2.24, 2.45) is 0 Å². The summed E-state index contributed by atoms with van der Waals surface area (Å²) >= 11 is 0. The van der Waals surface area contributed by atoms with Crippen molar-refractivity contribution in [3.8, 4) is 0 Å². The highest BCUT2D eigenvalue weighted by Gasteiger charge is 2.26. The molecule has 2 fully saturated rings. The molecule has 1 N–H and O–H groups in total. The number of benzene rings is 1. The zero-order chi connectivity index (χ0) is 16.8. The summed E-state index contributed by atoms with van der Waals surface area (Å²) in [4.78, 5) is 2.69. The van der Waals surface area contributed by atoms with Crippen molar-refractivity contribution >= 4 is 6.08 Å². The zero-order valence-electron chi connectivity index (χ0n) is 14.9. The Morgan fingerprint density at radius 1 is 1.21 bits per heavy atom. The summed E-state index contributed by atoms with van der Waals surface area (Å²) in [6.07, 6.45) is 10.1. The summed E-state index contributed by atoms with van der Waals surface area (Å²) in [5.41, 5.74) is 4.07. The SMILES string of the molecule is COCCC(O)Cc1ccc(C=C2CCN(C3CCC3)CC2)cc1. The molecule has 1 saturated heterocycles. The highest BCUT2D eigenvalue weighted by atomic mass is 16.5. The summed E-state index contributed by atoms with van der Waals surface area (Å²) in [5, 5.41) is 9.96. The topological polar surface area (TPSA) is 32.7 Å². The fourth-order valence-corrected chi connectivity index (χ4v) is 3.69. The maximum atomic E-state index is 9.96. The molecular formula is C21H31NO2. The van der Waals surface area contributed by atoms with Gasteiger partial charge in [0.15, 0.2) is 0 Å². The molecule has 2 aliphatic rings. The molecule has 1 unspecified atom stereocenters. The molecule has 132 valence electrons. The van der Waals surface area contributed by atoms with Crippen LogP contribution in [0.4, 0.5) is 0 Å². The first-order chi connectivity index (χ1) is 11.7. The number of likely N-dealkylation sites (tertiary alicyclic amines) is 1. The largest absolute Gasteiger partial charge is 0.393 e. The van der Waals surface area contributed by atoms with Crippen molar-refractivity contribution in [2.45, 2.75) is 57.1 Å². The van der Waals surface area contributed by atoms with E-state index in [2.05, 4.69) is 35.2 Å². The normalized spacial score (nSPS) is 20.7. The third kappa shape index (κ3) is 4.92. The van der Waals surface area contributed by atoms with E-state index < -0.39 is 0 Å². The molecule has 1 aliphatic heterocycles. The fourth-order valence-electron chi connectivity index (χ4n) is 3.69. The molecule has 1 heterocycles. The summed E-state index contributed by atoms with van der Waals surface area (Å²) in [5.74, 6) is 0. The number of piperidine rings is 1.